The normalized spacial score (nSPS) is 10.3. The number of carbonyl (C=O) groups is 1. The van der Waals surface area contributed by atoms with Crippen molar-refractivity contribution in [2.45, 2.75) is 13.3 Å². The molecule has 0 radical (unpaired) electrons. The highest BCUT2D eigenvalue weighted by atomic mass is 16.5. The third-order valence-corrected chi connectivity index (χ3v) is 1.65. The summed E-state index contributed by atoms with van der Waals surface area (Å²) in [5.74, 6) is -0.210. The minimum Gasteiger partial charge on any atom is -0.465 e. The van der Waals surface area contributed by atoms with Crippen molar-refractivity contribution in [3.8, 4) is 0 Å². The first-order chi connectivity index (χ1) is 7.31. The van der Waals surface area contributed by atoms with Crippen LogP contribution < -0.4 is 5.32 Å². The number of hydrogen-bond donors (Lipinski definition) is 1. The summed E-state index contributed by atoms with van der Waals surface area (Å²) in [5, 5.41) is 2.98. The molecule has 0 heterocycles. The van der Waals surface area contributed by atoms with Gasteiger partial charge < -0.3 is 19.5 Å². The number of methoxy groups -OCH3 is 1. The third kappa shape index (κ3) is 11.3. The average molecular weight is 219 g/mol. The maximum Gasteiger partial charge on any atom is 0.319 e. The fraction of sp³-hybridized carbons (Fsp3) is 0.900. The fourth-order valence-electron chi connectivity index (χ4n) is 0.946. The predicted octanol–water partition coefficient (Wildman–Crippen LogP) is 0.192. The lowest BCUT2D eigenvalue weighted by Gasteiger charge is -2.05. The monoisotopic (exact) mass is 219 g/mol. The Bertz CT molecular complexity index is 152. The van der Waals surface area contributed by atoms with E-state index in [0.717, 1.165) is 13.0 Å². The molecule has 5 heteroatoms. The molecule has 0 fully saturated rings. The van der Waals surface area contributed by atoms with Crippen molar-refractivity contribution in [3.63, 3.8) is 0 Å². The lowest BCUT2D eigenvalue weighted by molar-refractivity contribution is -0.142. The van der Waals surface area contributed by atoms with Gasteiger partial charge in [-0.05, 0) is 19.9 Å². The minimum atomic E-state index is -0.210. The van der Waals surface area contributed by atoms with E-state index >= 15 is 0 Å². The van der Waals surface area contributed by atoms with Crippen LogP contribution in [0.3, 0.4) is 0 Å². The van der Waals surface area contributed by atoms with Gasteiger partial charge >= 0.3 is 5.97 Å². The van der Waals surface area contributed by atoms with Gasteiger partial charge in [0.25, 0.3) is 0 Å². The van der Waals surface area contributed by atoms with Gasteiger partial charge in [-0.1, -0.05) is 0 Å². The first-order valence-electron chi connectivity index (χ1n) is 5.24. The van der Waals surface area contributed by atoms with Gasteiger partial charge in [0.2, 0.25) is 0 Å². The van der Waals surface area contributed by atoms with Crippen LogP contribution in [0.15, 0.2) is 0 Å². The Morgan fingerprint density at radius 1 is 1.27 bits per heavy atom. The van der Waals surface area contributed by atoms with Gasteiger partial charge in [0.15, 0.2) is 0 Å². The molecule has 0 unspecified atom stereocenters. The van der Waals surface area contributed by atoms with Crippen molar-refractivity contribution < 1.29 is 19.0 Å². The Labute approximate surface area is 91.1 Å². The minimum absolute atomic E-state index is 0.210. The molecule has 0 aliphatic carbocycles. The van der Waals surface area contributed by atoms with E-state index in [1.165, 1.54) is 0 Å². The molecule has 0 saturated carbocycles. The Hall–Kier alpha value is -0.650. The zero-order valence-electron chi connectivity index (χ0n) is 9.58. The average Bonchev–Trinajstić information content (AvgIpc) is 2.22. The maximum absolute atomic E-state index is 10.9. The summed E-state index contributed by atoms with van der Waals surface area (Å²) in [6.07, 6.45) is 0.878. The van der Waals surface area contributed by atoms with E-state index in [0.29, 0.717) is 26.4 Å². The summed E-state index contributed by atoms with van der Waals surface area (Å²) in [4.78, 5) is 10.9. The van der Waals surface area contributed by atoms with Crippen LogP contribution in [0.1, 0.15) is 13.3 Å². The highest BCUT2D eigenvalue weighted by Gasteiger charge is 1.98. The van der Waals surface area contributed by atoms with E-state index in [1.807, 2.05) is 0 Å². The highest BCUT2D eigenvalue weighted by molar-refractivity contribution is 5.71. The number of hydrogen-bond acceptors (Lipinski definition) is 5. The molecule has 0 saturated heterocycles. The molecule has 0 atom stereocenters. The lowest BCUT2D eigenvalue weighted by Crippen LogP contribution is -2.26. The summed E-state index contributed by atoms with van der Waals surface area (Å²) >= 11 is 0. The van der Waals surface area contributed by atoms with Crippen LogP contribution in [-0.4, -0.2) is 52.6 Å². The molecule has 15 heavy (non-hydrogen) atoms. The molecule has 0 aromatic rings. The summed E-state index contributed by atoms with van der Waals surface area (Å²) in [6.45, 7) is 5.17. The molecule has 0 bridgehead atoms. The van der Waals surface area contributed by atoms with Gasteiger partial charge in [-0.3, -0.25) is 4.79 Å². The summed E-state index contributed by atoms with van der Waals surface area (Å²) in [5.41, 5.74) is 0. The van der Waals surface area contributed by atoms with Crippen LogP contribution in [0.25, 0.3) is 0 Å². The first-order valence-corrected chi connectivity index (χ1v) is 5.24. The quantitative estimate of drug-likeness (QED) is 0.420. The Morgan fingerprint density at radius 2 is 2.07 bits per heavy atom. The van der Waals surface area contributed by atoms with Crippen LogP contribution >= 0.6 is 0 Å². The van der Waals surface area contributed by atoms with Gasteiger partial charge in [0.1, 0.15) is 0 Å². The Kier molecular flexibility index (Phi) is 10.9. The van der Waals surface area contributed by atoms with Crippen LogP contribution in [-0.2, 0) is 19.0 Å². The van der Waals surface area contributed by atoms with E-state index in [-0.39, 0.29) is 12.5 Å². The van der Waals surface area contributed by atoms with Crippen LogP contribution in [0.4, 0.5) is 0 Å². The van der Waals surface area contributed by atoms with Gasteiger partial charge in [0, 0.05) is 13.7 Å². The highest BCUT2D eigenvalue weighted by Crippen LogP contribution is 1.82. The zero-order chi connectivity index (χ0) is 11.4. The topological polar surface area (TPSA) is 56.8 Å². The fourth-order valence-corrected chi connectivity index (χ4v) is 0.946. The molecule has 0 aromatic heterocycles. The van der Waals surface area contributed by atoms with E-state index in [2.05, 4.69) is 5.32 Å². The second-order valence-electron chi connectivity index (χ2n) is 2.94. The molecular formula is C10H21NO4. The Balaban J connectivity index is 3.01. The van der Waals surface area contributed by atoms with Crippen molar-refractivity contribution in [3.05, 3.63) is 0 Å². The van der Waals surface area contributed by atoms with Crippen LogP contribution in [0, 0.1) is 0 Å². The van der Waals surface area contributed by atoms with Crippen LogP contribution in [0.5, 0.6) is 0 Å². The largest absolute Gasteiger partial charge is 0.465 e. The van der Waals surface area contributed by atoms with Gasteiger partial charge in [-0.2, -0.15) is 0 Å². The van der Waals surface area contributed by atoms with E-state index in [1.54, 1.807) is 14.0 Å². The number of nitrogens with one attached hydrogen (secondary N) is 1. The number of ether oxygens (including phenoxy) is 3. The van der Waals surface area contributed by atoms with Crippen molar-refractivity contribution in [1.82, 2.24) is 5.32 Å². The summed E-state index contributed by atoms with van der Waals surface area (Å²) in [7, 11) is 1.64. The number of rotatable bonds is 10. The molecule has 1 N–H and O–H groups in total. The standard InChI is InChI=1S/C10H21NO4/c1-3-15-10(12)9-11-5-4-6-14-8-7-13-2/h11H,3-9H2,1-2H3. The number of carbonyl (C=O) groups excluding carboxylic acids is 1. The van der Waals surface area contributed by atoms with Crippen molar-refractivity contribution >= 4 is 5.97 Å². The van der Waals surface area contributed by atoms with E-state index in [9.17, 15) is 4.79 Å². The van der Waals surface area contributed by atoms with Gasteiger partial charge in [0.05, 0.1) is 26.4 Å². The van der Waals surface area contributed by atoms with E-state index < -0.39 is 0 Å². The molecule has 0 aliphatic rings. The third-order valence-electron chi connectivity index (χ3n) is 1.65. The molecule has 0 spiro atoms. The summed E-state index contributed by atoms with van der Waals surface area (Å²) < 4.78 is 14.8. The second-order valence-corrected chi connectivity index (χ2v) is 2.94. The number of esters is 1. The zero-order valence-corrected chi connectivity index (χ0v) is 9.58. The second kappa shape index (κ2) is 11.4. The molecule has 0 rings (SSSR count). The lowest BCUT2D eigenvalue weighted by atomic mass is 10.4. The van der Waals surface area contributed by atoms with Crippen LogP contribution in [0.2, 0.25) is 0 Å². The maximum atomic E-state index is 10.9. The van der Waals surface area contributed by atoms with Crippen molar-refractivity contribution in [2.75, 3.05) is 46.6 Å². The molecule has 0 aliphatic heterocycles. The molecule has 0 amide bonds. The Morgan fingerprint density at radius 3 is 2.73 bits per heavy atom. The molecule has 5 nitrogen and oxygen atoms in total. The van der Waals surface area contributed by atoms with Crippen molar-refractivity contribution in [1.29, 1.82) is 0 Å². The summed E-state index contributed by atoms with van der Waals surface area (Å²) in [6, 6.07) is 0. The molecular weight excluding hydrogens is 198 g/mol. The molecule has 0 aromatic carbocycles. The SMILES string of the molecule is CCOC(=O)CNCCCOCCOC. The van der Waals surface area contributed by atoms with E-state index in [4.69, 9.17) is 14.2 Å². The van der Waals surface area contributed by atoms with Gasteiger partial charge in [-0.15, -0.1) is 0 Å². The smallest absolute Gasteiger partial charge is 0.319 e. The van der Waals surface area contributed by atoms with Gasteiger partial charge in [-0.25, -0.2) is 0 Å². The molecule has 90 valence electrons. The predicted molar refractivity (Wildman–Crippen MR) is 56.8 cm³/mol. The van der Waals surface area contributed by atoms with Crippen molar-refractivity contribution in [2.24, 2.45) is 0 Å². The first kappa shape index (κ1) is 14.3.